The number of ether oxygens (including phenoxy) is 2. The average molecular weight is 866 g/mol. The van der Waals surface area contributed by atoms with Gasteiger partial charge in [0.1, 0.15) is 30.5 Å². The van der Waals surface area contributed by atoms with E-state index in [0.29, 0.717) is 19.3 Å². The van der Waals surface area contributed by atoms with Gasteiger partial charge >= 0.3 is 0 Å². The predicted octanol–water partition coefficient (Wildman–Crippen LogP) is 10.2. The van der Waals surface area contributed by atoms with Gasteiger partial charge in [0.25, 0.3) is 0 Å². The van der Waals surface area contributed by atoms with Crippen LogP contribution in [0.1, 0.15) is 220 Å². The number of unbranched alkanes of at least 4 members (excludes halogenated alkanes) is 27. The van der Waals surface area contributed by atoms with Crippen molar-refractivity contribution in [1.82, 2.24) is 5.32 Å². The fraction of sp³-hybridized carbons (Fsp3) is 0.863. The Morgan fingerprint density at radius 2 is 1.10 bits per heavy atom. The van der Waals surface area contributed by atoms with Crippen LogP contribution in [0.3, 0.4) is 0 Å². The molecule has 0 radical (unpaired) electrons. The molecule has 0 aromatic carbocycles. The van der Waals surface area contributed by atoms with Crippen LogP contribution >= 0.6 is 0 Å². The van der Waals surface area contributed by atoms with Crippen molar-refractivity contribution in [2.24, 2.45) is 0 Å². The Hall–Kier alpha value is -1.63. The molecule has 1 fully saturated rings. The molecular weight excluding hydrogens is 771 g/mol. The van der Waals surface area contributed by atoms with Gasteiger partial charge in [0.15, 0.2) is 6.29 Å². The first-order chi connectivity index (χ1) is 29.7. The number of hydrogen-bond donors (Lipinski definition) is 7. The van der Waals surface area contributed by atoms with Gasteiger partial charge in [-0.2, -0.15) is 0 Å². The molecule has 0 aromatic heterocycles. The molecule has 10 nitrogen and oxygen atoms in total. The third-order valence-electron chi connectivity index (χ3n) is 12.2. The van der Waals surface area contributed by atoms with E-state index >= 15 is 0 Å². The molecule has 1 heterocycles. The first kappa shape index (κ1) is 57.4. The number of amides is 1. The molecule has 0 aliphatic carbocycles. The van der Waals surface area contributed by atoms with E-state index in [1.54, 1.807) is 6.08 Å². The molecule has 1 saturated heterocycles. The van der Waals surface area contributed by atoms with Gasteiger partial charge in [0, 0.05) is 0 Å². The largest absolute Gasteiger partial charge is 0.394 e. The maximum Gasteiger partial charge on any atom is 0.249 e. The summed E-state index contributed by atoms with van der Waals surface area (Å²) in [5, 5.41) is 64.8. The smallest absolute Gasteiger partial charge is 0.249 e. The standard InChI is InChI=1S/C51H95NO9/c1-4-6-8-10-12-13-14-15-16-17-18-19-20-21-22-23-24-25-26-28-30-34-39-45(55)50(59)52-43(41-60-51-49(58)48(57)47(56)46(40-53)61-51)44(54)38-35-31-33-37-42(3)36-32-29-27-11-9-7-5-2/h32,35-38,43-49,51,53-58H,4-31,33-34,39-41H2,1-3H3,(H,52,59)/b36-32+,38-35+,42-37+/t43-,44+,45+,46?,47?,48?,49?,51?/m0/s1. The highest BCUT2D eigenvalue weighted by atomic mass is 16.7. The normalized spacial score (nSPS) is 21.4. The maximum absolute atomic E-state index is 13.1. The molecule has 0 spiro atoms. The summed E-state index contributed by atoms with van der Waals surface area (Å²) in [6, 6.07) is -1.01. The highest BCUT2D eigenvalue weighted by Crippen LogP contribution is 2.23. The second-order valence-electron chi connectivity index (χ2n) is 17.9. The topological polar surface area (TPSA) is 169 Å². The van der Waals surface area contributed by atoms with E-state index < -0.39 is 61.5 Å². The number of hydrogen-bond acceptors (Lipinski definition) is 9. The predicted molar refractivity (Wildman–Crippen MR) is 250 cm³/mol. The van der Waals surface area contributed by atoms with Crippen LogP contribution in [-0.2, 0) is 14.3 Å². The van der Waals surface area contributed by atoms with Gasteiger partial charge in [0.05, 0.1) is 25.4 Å². The van der Waals surface area contributed by atoms with Gasteiger partial charge in [0.2, 0.25) is 5.91 Å². The van der Waals surface area contributed by atoms with Crippen molar-refractivity contribution in [1.29, 1.82) is 0 Å². The Bertz CT molecular complexity index is 1100. The SMILES string of the molecule is CCCCCCC/C=C/C(C)=C/CC/C=C/[C@@H](O)[C@H](COC1OC(CO)C(O)C(O)C1O)NC(=O)[C@H](O)CCCCCCCCCCCCCCCCCCCCCCCC. The van der Waals surface area contributed by atoms with Gasteiger partial charge < -0.3 is 45.4 Å². The third kappa shape index (κ3) is 30.2. The third-order valence-corrected chi connectivity index (χ3v) is 12.2. The van der Waals surface area contributed by atoms with Gasteiger partial charge in [-0.25, -0.2) is 0 Å². The Labute approximate surface area is 373 Å². The van der Waals surface area contributed by atoms with Crippen LogP contribution in [0.5, 0.6) is 0 Å². The lowest BCUT2D eigenvalue weighted by Gasteiger charge is -2.40. The minimum Gasteiger partial charge on any atom is -0.394 e. The number of nitrogens with one attached hydrogen (secondary N) is 1. The second kappa shape index (κ2) is 39.9. The number of aliphatic hydroxyl groups excluding tert-OH is 6. The van der Waals surface area contributed by atoms with Gasteiger partial charge in [-0.15, -0.1) is 0 Å². The maximum atomic E-state index is 13.1. The van der Waals surface area contributed by atoms with Crippen molar-refractivity contribution >= 4 is 5.91 Å². The monoisotopic (exact) mass is 866 g/mol. The van der Waals surface area contributed by atoms with Crippen molar-refractivity contribution in [3.63, 3.8) is 0 Å². The lowest BCUT2D eigenvalue weighted by atomic mass is 9.99. The number of aliphatic hydroxyl groups is 6. The Balaban J connectivity index is 2.38. The quantitative estimate of drug-likeness (QED) is 0.0180. The summed E-state index contributed by atoms with van der Waals surface area (Å²) in [5.74, 6) is -0.631. The van der Waals surface area contributed by atoms with E-state index in [9.17, 15) is 35.4 Å². The Kier molecular flexibility index (Phi) is 37.6. The molecule has 5 unspecified atom stereocenters. The minimum absolute atomic E-state index is 0.302. The summed E-state index contributed by atoms with van der Waals surface area (Å²) in [7, 11) is 0. The van der Waals surface area contributed by atoms with Crippen LogP contribution in [0.25, 0.3) is 0 Å². The highest BCUT2D eigenvalue weighted by molar-refractivity contribution is 5.80. The van der Waals surface area contributed by atoms with Gasteiger partial charge in [-0.1, -0.05) is 217 Å². The fourth-order valence-electron chi connectivity index (χ4n) is 7.97. The zero-order valence-electron chi connectivity index (χ0n) is 39.2. The minimum atomic E-state index is -1.62. The molecule has 61 heavy (non-hydrogen) atoms. The molecule has 1 aliphatic heterocycles. The van der Waals surface area contributed by atoms with Crippen LogP contribution in [-0.4, -0.2) is 98.7 Å². The molecular formula is C51H95NO9. The first-order valence-electron chi connectivity index (χ1n) is 25.2. The zero-order valence-corrected chi connectivity index (χ0v) is 39.2. The van der Waals surface area contributed by atoms with E-state index in [0.717, 1.165) is 32.1 Å². The van der Waals surface area contributed by atoms with Crippen molar-refractivity contribution in [3.05, 3.63) is 36.0 Å². The van der Waals surface area contributed by atoms with Gasteiger partial charge in [-0.3, -0.25) is 4.79 Å². The zero-order chi connectivity index (χ0) is 44.8. The Morgan fingerprint density at radius 3 is 1.59 bits per heavy atom. The number of carbonyl (C=O) groups excluding carboxylic acids is 1. The van der Waals surface area contributed by atoms with Crippen molar-refractivity contribution in [2.45, 2.75) is 269 Å². The van der Waals surface area contributed by atoms with Crippen LogP contribution in [0.2, 0.25) is 0 Å². The van der Waals surface area contributed by atoms with E-state index in [4.69, 9.17) is 9.47 Å². The number of allylic oxidation sites excluding steroid dienone is 5. The molecule has 1 amide bonds. The number of rotatable bonds is 41. The molecule has 10 heteroatoms. The lowest BCUT2D eigenvalue weighted by Crippen LogP contribution is -2.60. The molecule has 0 saturated carbocycles. The summed E-state index contributed by atoms with van der Waals surface area (Å²) in [4.78, 5) is 13.1. The average Bonchev–Trinajstić information content (AvgIpc) is 3.25. The molecule has 7 N–H and O–H groups in total. The van der Waals surface area contributed by atoms with Crippen molar-refractivity contribution in [3.8, 4) is 0 Å². The molecule has 0 aromatic rings. The molecule has 1 aliphatic rings. The molecule has 1 rings (SSSR count). The lowest BCUT2D eigenvalue weighted by molar-refractivity contribution is -0.302. The molecule has 0 bridgehead atoms. The molecule has 358 valence electrons. The first-order valence-corrected chi connectivity index (χ1v) is 25.2. The van der Waals surface area contributed by atoms with E-state index in [2.05, 4.69) is 44.3 Å². The van der Waals surface area contributed by atoms with Gasteiger partial charge in [-0.05, 0) is 39.0 Å². The van der Waals surface area contributed by atoms with Crippen LogP contribution in [0, 0.1) is 0 Å². The summed E-state index contributed by atoms with van der Waals surface area (Å²) in [6.07, 6.45) is 37.8. The summed E-state index contributed by atoms with van der Waals surface area (Å²) < 4.78 is 11.1. The highest BCUT2D eigenvalue weighted by Gasteiger charge is 2.44. The van der Waals surface area contributed by atoms with Crippen molar-refractivity contribution < 1.29 is 44.9 Å². The Morgan fingerprint density at radius 1 is 0.623 bits per heavy atom. The van der Waals surface area contributed by atoms with E-state index in [1.807, 2.05) is 6.08 Å². The van der Waals surface area contributed by atoms with E-state index in [-0.39, 0.29) is 6.61 Å². The number of carbonyl (C=O) groups is 1. The summed E-state index contributed by atoms with van der Waals surface area (Å²) in [6.45, 7) is 5.64. The summed E-state index contributed by atoms with van der Waals surface area (Å²) in [5.41, 5.74) is 1.18. The van der Waals surface area contributed by atoms with Crippen LogP contribution in [0.15, 0.2) is 36.0 Å². The van der Waals surface area contributed by atoms with Crippen LogP contribution in [0.4, 0.5) is 0 Å². The van der Waals surface area contributed by atoms with E-state index in [1.165, 1.54) is 153 Å². The fourth-order valence-corrected chi connectivity index (χ4v) is 7.97. The van der Waals surface area contributed by atoms with Crippen LogP contribution < -0.4 is 5.32 Å². The second-order valence-corrected chi connectivity index (χ2v) is 17.9. The molecule has 8 atom stereocenters. The summed E-state index contributed by atoms with van der Waals surface area (Å²) >= 11 is 0. The van der Waals surface area contributed by atoms with Crippen molar-refractivity contribution in [2.75, 3.05) is 13.2 Å².